The Labute approximate surface area is 121 Å². The molecule has 2 nitrogen and oxygen atoms in total. The maximum atomic E-state index is 5.92. The predicted molar refractivity (Wildman–Crippen MR) is 83.2 cm³/mol. The molecule has 0 saturated carbocycles. The Morgan fingerprint density at radius 3 is 2.72 bits per heavy atom. The van der Waals surface area contributed by atoms with Gasteiger partial charge in [-0.1, -0.05) is 36.7 Å². The second kappa shape index (κ2) is 5.27. The number of hydrogen-bond acceptors (Lipinski definition) is 3. The van der Waals surface area contributed by atoms with Gasteiger partial charge in [-0.2, -0.15) is 0 Å². The van der Waals surface area contributed by atoms with E-state index < -0.39 is 0 Å². The molecule has 98 valence electrons. The zero-order valence-electron chi connectivity index (χ0n) is 11.0. The number of thiazole rings is 1. The Morgan fingerprint density at radius 2 is 2.11 bits per heavy atom. The van der Waals surface area contributed by atoms with E-state index in [9.17, 15) is 0 Å². The summed E-state index contributed by atoms with van der Waals surface area (Å²) in [5, 5.41) is 1.17. The molecule has 0 saturated heterocycles. The fraction of sp³-hybridized carbons (Fsp3) is 0.500. The van der Waals surface area contributed by atoms with Crippen LogP contribution in [0, 0.1) is 5.41 Å². The third-order valence-electron chi connectivity index (χ3n) is 2.86. The highest BCUT2D eigenvalue weighted by atomic mass is 79.9. The Morgan fingerprint density at radius 1 is 1.39 bits per heavy atom. The van der Waals surface area contributed by atoms with E-state index >= 15 is 0 Å². The van der Waals surface area contributed by atoms with Crippen molar-refractivity contribution >= 4 is 37.5 Å². The molecule has 0 bridgehead atoms. The molecule has 0 radical (unpaired) electrons. The van der Waals surface area contributed by atoms with Crippen LogP contribution in [0.5, 0.6) is 0 Å². The summed E-state index contributed by atoms with van der Waals surface area (Å²) in [6, 6.07) is 6.25. The van der Waals surface area contributed by atoms with Crippen LogP contribution in [0.25, 0.3) is 10.2 Å². The SMILES string of the molecule is CC(C)(C)CC(CN)c1nc2cc(Br)ccc2s1. The van der Waals surface area contributed by atoms with Gasteiger partial charge in [0.25, 0.3) is 0 Å². The Balaban J connectivity index is 2.34. The quantitative estimate of drug-likeness (QED) is 0.899. The summed E-state index contributed by atoms with van der Waals surface area (Å²) in [5.74, 6) is 0.362. The minimum atomic E-state index is 0.280. The maximum absolute atomic E-state index is 5.92. The van der Waals surface area contributed by atoms with Crippen LogP contribution in [0.1, 0.15) is 38.1 Å². The van der Waals surface area contributed by atoms with Gasteiger partial charge in [0.1, 0.15) is 0 Å². The molecule has 1 atom stereocenters. The summed E-state index contributed by atoms with van der Waals surface area (Å²) in [7, 11) is 0. The second-order valence-electron chi connectivity index (χ2n) is 5.86. The Bertz CT molecular complexity index is 542. The number of nitrogens with zero attached hydrogens (tertiary/aromatic N) is 1. The second-order valence-corrected chi connectivity index (χ2v) is 7.84. The normalized spacial score (nSPS) is 14.1. The fourth-order valence-electron chi connectivity index (χ4n) is 2.10. The largest absolute Gasteiger partial charge is 0.330 e. The van der Waals surface area contributed by atoms with Crippen LogP contribution in [-0.4, -0.2) is 11.5 Å². The van der Waals surface area contributed by atoms with Crippen molar-refractivity contribution in [1.82, 2.24) is 4.98 Å². The van der Waals surface area contributed by atoms with Crippen LogP contribution in [-0.2, 0) is 0 Å². The first-order valence-corrected chi connectivity index (χ1v) is 7.76. The minimum absolute atomic E-state index is 0.280. The minimum Gasteiger partial charge on any atom is -0.330 e. The molecule has 2 rings (SSSR count). The van der Waals surface area contributed by atoms with Gasteiger partial charge in [-0.05, 0) is 30.0 Å². The highest BCUT2D eigenvalue weighted by molar-refractivity contribution is 9.10. The van der Waals surface area contributed by atoms with Crippen LogP contribution in [0.15, 0.2) is 22.7 Å². The molecule has 18 heavy (non-hydrogen) atoms. The van der Waals surface area contributed by atoms with Crippen LogP contribution < -0.4 is 5.73 Å². The third kappa shape index (κ3) is 3.31. The molecule has 0 spiro atoms. The van der Waals surface area contributed by atoms with E-state index in [1.807, 2.05) is 0 Å². The van der Waals surface area contributed by atoms with Crippen molar-refractivity contribution in [1.29, 1.82) is 0 Å². The molecule has 1 aromatic heterocycles. The zero-order chi connectivity index (χ0) is 13.3. The average Bonchev–Trinajstić information content (AvgIpc) is 2.67. The fourth-order valence-corrected chi connectivity index (χ4v) is 3.51. The van der Waals surface area contributed by atoms with Gasteiger partial charge in [-0.15, -0.1) is 11.3 Å². The van der Waals surface area contributed by atoms with E-state index in [-0.39, 0.29) is 5.41 Å². The van der Waals surface area contributed by atoms with Gasteiger partial charge in [0, 0.05) is 16.9 Å². The molecule has 1 heterocycles. The van der Waals surface area contributed by atoms with Crippen molar-refractivity contribution < 1.29 is 0 Å². The summed E-state index contributed by atoms with van der Waals surface area (Å²) in [6.07, 6.45) is 1.07. The number of aromatic nitrogens is 1. The van der Waals surface area contributed by atoms with Gasteiger partial charge in [-0.25, -0.2) is 4.98 Å². The summed E-state index contributed by atoms with van der Waals surface area (Å²) in [4.78, 5) is 4.74. The van der Waals surface area contributed by atoms with Crippen LogP contribution in [0.3, 0.4) is 0 Å². The van der Waals surface area contributed by atoms with E-state index in [0.29, 0.717) is 12.5 Å². The van der Waals surface area contributed by atoms with Crippen molar-refractivity contribution in [3.63, 3.8) is 0 Å². The van der Waals surface area contributed by atoms with Crippen LogP contribution in [0.4, 0.5) is 0 Å². The van der Waals surface area contributed by atoms with Crippen molar-refractivity contribution in [2.45, 2.75) is 33.1 Å². The van der Waals surface area contributed by atoms with Gasteiger partial charge in [0.2, 0.25) is 0 Å². The zero-order valence-corrected chi connectivity index (χ0v) is 13.4. The summed E-state index contributed by atoms with van der Waals surface area (Å²) >= 11 is 5.25. The van der Waals surface area contributed by atoms with E-state index in [0.717, 1.165) is 16.4 Å². The maximum Gasteiger partial charge on any atom is 0.0982 e. The van der Waals surface area contributed by atoms with E-state index in [1.165, 1.54) is 9.71 Å². The highest BCUT2D eigenvalue weighted by Gasteiger charge is 2.22. The first-order valence-electron chi connectivity index (χ1n) is 6.15. The lowest BCUT2D eigenvalue weighted by Crippen LogP contribution is -2.19. The van der Waals surface area contributed by atoms with E-state index in [1.54, 1.807) is 11.3 Å². The number of rotatable bonds is 3. The first-order chi connectivity index (χ1) is 8.39. The molecule has 0 amide bonds. The smallest absolute Gasteiger partial charge is 0.0982 e. The van der Waals surface area contributed by atoms with Gasteiger partial charge in [0.05, 0.1) is 15.2 Å². The average molecular weight is 327 g/mol. The van der Waals surface area contributed by atoms with E-state index in [2.05, 4.69) is 54.9 Å². The van der Waals surface area contributed by atoms with Gasteiger partial charge >= 0.3 is 0 Å². The molecule has 0 fully saturated rings. The third-order valence-corrected chi connectivity index (χ3v) is 4.55. The molecule has 0 aliphatic rings. The molecule has 1 aromatic carbocycles. The monoisotopic (exact) mass is 326 g/mol. The standard InChI is InChI=1S/C14H19BrN2S/c1-14(2,3)7-9(8-16)13-17-11-6-10(15)4-5-12(11)18-13/h4-6,9H,7-8,16H2,1-3H3. The molecule has 0 aliphatic heterocycles. The van der Waals surface area contributed by atoms with Gasteiger partial charge in [0.15, 0.2) is 0 Å². The summed E-state index contributed by atoms with van der Waals surface area (Å²) in [5.41, 5.74) is 7.27. The molecule has 1 unspecified atom stereocenters. The van der Waals surface area contributed by atoms with Crippen molar-refractivity contribution in [3.8, 4) is 0 Å². The lowest BCUT2D eigenvalue weighted by atomic mass is 9.85. The molecular weight excluding hydrogens is 308 g/mol. The number of benzene rings is 1. The van der Waals surface area contributed by atoms with Crippen molar-refractivity contribution in [2.75, 3.05) is 6.54 Å². The number of halogens is 1. The molecule has 0 aliphatic carbocycles. The predicted octanol–water partition coefficient (Wildman–Crippen LogP) is 4.54. The van der Waals surface area contributed by atoms with E-state index in [4.69, 9.17) is 10.7 Å². The van der Waals surface area contributed by atoms with Gasteiger partial charge < -0.3 is 5.73 Å². The summed E-state index contributed by atoms with van der Waals surface area (Å²) < 4.78 is 2.31. The Hall–Kier alpha value is -0.450. The van der Waals surface area contributed by atoms with Crippen molar-refractivity contribution in [2.24, 2.45) is 11.1 Å². The first kappa shape index (κ1) is 14.0. The van der Waals surface area contributed by atoms with Gasteiger partial charge in [-0.3, -0.25) is 0 Å². The van der Waals surface area contributed by atoms with Crippen LogP contribution in [0.2, 0.25) is 0 Å². The van der Waals surface area contributed by atoms with Crippen molar-refractivity contribution in [3.05, 3.63) is 27.7 Å². The molecular formula is C14H19BrN2S. The molecule has 2 aromatic rings. The Kier molecular flexibility index (Phi) is 4.09. The van der Waals surface area contributed by atoms with Crippen LogP contribution >= 0.6 is 27.3 Å². The number of hydrogen-bond donors (Lipinski definition) is 1. The lowest BCUT2D eigenvalue weighted by Gasteiger charge is -2.23. The molecule has 4 heteroatoms. The topological polar surface area (TPSA) is 38.9 Å². The number of fused-ring (bicyclic) bond motifs is 1. The number of nitrogens with two attached hydrogens (primary N) is 1. The molecule has 2 N–H and O–H groups in total. The lowest BCUT2D eigenvalue weighted by molar-refractivity contribution is 0.341. The summed E-state index contributed by atoms with van der Waals surface area (Å²) in [6.45, 7) is 7.41. The highest BCUT2D eigenvalue weighted by Crippen LogP contribution is 2.35.